The van der Waals surface area contributed by atoms with Gasteiger partial charge in [-0.05, 0) is 43.0 Å². The summed E-state index contributed by atoms with van der Waals surface area (Å²) in [6, 6.07) is 3.39. The number of likely N-dealkylation sites (tertiary alicyclic amines) is 1. The molecular weight excluding hydrogens is 385 g/mol. The minimum absolute atomic E-state index is 0. The first-order valence-corrected chi connectivity index (χ1v) is 9.72. The van der Waals surface area contributed by atoms with Gasteiger partial charge in [0.25, 0.3) is 0 Å². The molecule has 3 amide bonds. The van der Waals surface area contributed by atoms with Crippen molar-refractivity contribution < 1.29 is 18.8 Å². The van der Waals surface area contributed by atoms with Crippen LogP contribution in [0.3, 0.4) is 0 Å². The standard InChI is InChI=1S/C20H24FN3O3.ClH/c21-18-13-7-9-22-11-12(13)5-6-16(18)23-17(25)8-10-24-19(26)14-3-1-2-4-15(14)20(24)27;/h5-6,14-15,22H,1-4,7-11H2,(H,23,25);1H. The van der Waals surface area contributed by atoms with Crippen molar-refractivity contribution in [2.45, 2.75) is 45.1 Å². The molecule has 152 valence electrons. The van der Waals surface area contributed by atoms with Gasteiger partial charge in [0, 0.05) is 19.5 Å². The summed E-state index contributed by atoms with van der Waals surface area (Å²) in [5.41, 5.74) is 1.71. The molecule has 2 fully saturated rings. The Morgan fingerprint density at radius 1 is 1.18 bits per heavy atom. The van der Waals surface area contributed by atoms with Crippen LogP contribution in [0.15, 0.2) is 12.1 Å². The molecule has 1 aromatic rings. The number of benzene rings is 1. The Kier molecular flexibility index (Phi) is 6.35. The Bertz CT molecular complexity index is 777. The molecule has 2 aliphatic heterocycles. The van der Waals surface area contributed by atoms with Gasteiger partial charge in [0.15, 0.2) is 0 Å². The molecule has 28 heavy (non-hydrogen) atoms. The monoisotopic (exact) mass is 409 g/mol. The lowest BCUT2D eigenvalue weighted by atomic mass is 9.81. The normalized spacial score (nSPS) is 23.7. The third kappa shape index (κ3) is 3.78. The molecule has 8 heteroatoms. The summed E-state index contributed by atoms with van der Waals surface area (Å²) < 4.78 is 14.6. The maximum Gasteiger partial charge on any atom is 0.233 e. The highest BCUT2D eigenvalue weighted by molar-refractivity contribution is 6.05. The van der Waals surface area contributed by atoms with Crippen molar-refractivity contribution in [3.05, 3.63) is 29.1 Å². The van der Waals surface area contributed by atoms with Gasteiger partial charge in [0.1, 0.15) is 5.82 Å². The van der Waals surface area contributed by atoms with Gasteiger partial charge in [-0.15, -0.1) is 12.4 Å². The van der Waals surface area contributed by atoms with E-state index in [1.54, 1.807) is 6.07 Å². The predicted octanol–water partition coefficient (Wildman–Crippen LogP) is 2.40. The number of halogens is 2. The number of anilines is 1. The Labute approximate surface area is 169 Å². The lowest BCUT2D eigenvalue weighted by Crippen LogP contribution is -2.34. The number of imide groups is 1. The third-order valence-corrected chi connectivity index (χ3v) is 5.98. The van der Waals surface area contributed by atoms with Crippen LogP contribution < -0.4 is 10.6 Å². The maximum absolute atomic E-state index is 14.6. The second-order valence-electron chi connectivity index (χ2n) is 7.62. The summed E-state index contributed by atoms with van der Waals surface area (Å²) in [6.07, 6.45) is 4.03. The highest BCUT2D eigenvalue weighted by Gasteiger charge is 2.47. The van der Waals surface area contributed by atoms with E-state index < -0.39 is 5.91 Å². The van der Waals surface area contributed by atoms with Gasteiger partial charge in [-0.1, -0.05) is 18.9 Å². The number of rotatable bonds is 4. The summed E-state index contributed by atoms with van der Waals surface area (Å²) >= 11 is 0. The molecule has 3 aliphatic rings. The summed E-state index contributed by atoms with van der Waals surface area (Å²) in [4.78, 5) is 38.4. The van der Waals surface area contributed by atoms with Crippen LogP contribution >= 0.6 is 12.4 Å². The number of amides is 3. The minimum atomic E-state index is -0.391. The predicted molar refractivity (Wildman–Crippen MR) is 104 cm³/mol. The molecule has 4 rings (SSSR count). The quantitative estimate of drug-likeness (QED) is 0.748. The van der Waals surface area contributed by atoms with E-state index in [0.29, 0.717) is 25.1 Å². The fourth-order valence-electron chi connectivity index (χ4n) is 4.51. The van der Waals surface area contributed by atoms with Crippen LogP contribution in [-0.2, 0) is 27.3 Å². The van der Waals surface area contributed by atoms with E-state index in [4.69, 9.17) is 0 Å². The SMILES string of the molecule is Cl.O=C(CCN1C(=O)C2CCCCC2C1=O)Nc1ccc2c(c1F)CCNC2. The number of fused-ring (bicyclic) bond motifs is 2. The van der Waals surface area contributed by atoms with Crippen LogP contribution in [-0.4, -0.2) is 35.7 Å². The van der Waals surface area contributed by atoms with Gasteiger partial charge < -0.3 is 10.6 Å². The number of carbonyl (C=O) groups excluding carboxylic acids is 3. The van der Waals surface area contributed by atoms with Gasteiger partial charge in [-0.3, -0.25) is 19.3 Å². The molecule has 2 heterocycles. The summed E-state index contributed by atoms with van der Waals surface area (Å²) in [5.74, 6) is -1.49. The molecule has 2 atom stereocenters. The van der Waals surface area contributed by atoms with Crippen LogP contribution in [0.2, 0.25) is 0 Å². The number of nitrogens with one attached hydrogen (secondary N) is 2. The Morgan fingerprint density at radius 2 is 1.86 bits per heavy atom. The highest BCUT2D eigenvalue weighted by atomic mass is 35.5. The van der Waals surface area contributed by atoms with E-state index in [0.717, 1.165) is 31.2 Å². The molecule has 1 saturated heterocycles. The van der Waals surface area contributed by atoms with Gasteiger partial charge in [-0.25, -0.2) is 4.39 Å². The first-order chi connectivity index (χ1) is 13.1. The average molecular weight is 410 g/mol. The first kappa shape index (κ1) is 20.7. The molecule has 0 spiro atoms. The summed E-state index contributed by atoms with van der Waals surface area (Å²) in [7, 11) is 0. The minimum Gasteiger partial charge on any atom is -0.324 e. The largest absolute Gasteiger partial charge is 0.324 e. The second-order valence-corrected chi connectivity index (χ2v) is 7.62. The summed E-state index contributed by atoms with van der Waals surface area (Å²) in [5, 5.41) is 5.78. The number of nitrogens with zero attached hydrogens (tertiary/aromatic N) is 1. The lowest BCUT2D eigenvalue weighted by Gasteiger charge is -2.19. The molecule has 6 nitrogen and oxygen atoms in total. The van der Waals surface area contributed by atoms with E-state index in [1.165, 1.54) is 4.90 Å². The molecule has 1 saturated carbocycles. The zero-order valence-corrected chi connectivity index (χ0v) is 16.4. The molecular formula is C20H25ClFN3O3. The fraction of sp³-hybridized carbons (Fsp3) is 0.550. The van der Waals surface area contributed by atoms with Crippen LogP contribution in [0.25, 0.3) is 0 Å². The number of hydrogen-bond donors (Lipinski definition) is 2. The van der Waals surface area contributed by atoms with E-state index in [-0.39, 0.29) is 60.5 Å². The van der Waals surface area contributed by atoms with Crippen LogP contribution in [0.1, 0.15) is 43.2 Å². The molecule has 0 aromatic heterocycles. The average Bonchev–Trinajstić information content (AvgIpc) is 2.93. The van der Waals surface area contributed by atoms with Crippen molar-refractivity contribution >= 4 is 35.8 Å². The smallest absolute Gasteiger partial charge is 0.233 e. The Morgan fingerprint density at radius 3 is 2.54 bits per heavy atom. The molecule has 1 aromatic carbocycles. The van der Waals surface area contributed by atoms with Crippen molar-refractivity contribution in [3.63, 3.8) is 0 Å². The molecule has 0 bridgehead atoms. The van der Waals surface area contributed by atoms with Crippen molar-refractivity contribution in [2.24, 2.45) is 11.8 Å². The summed E-state index contributed by atoms with van der Waals surface area (Å²) in [6.45, 7) is 1.40. The van der Waals surface area contributed by atoms with Crippen LogP contribution in [0, 0.1) is 17.7 Å². The van der Waals surface area contributed by atoms with E-state index in [1.807, 2.05) is 6.07 Å². The Hall–Kier alpha value is -1.99. The highest BCUT2D eigenvalue weighted by Crippen LogP contribution is 2.38. The number of hydrogen-bond acceptors (Lipinski definition) is 4. The van der Waals surface area contributed by atoms with Gasteiger partial charge >= 0.3 is 0 Å². The molecule has 0 radical (unpaired) electrons. The van der Waals surface area contributed by atoms with Crippen LogP contribution in [0.5, 0.6) is 0 Å². The van der Waals surface area contributed by atoms with Gasteiger partial charge in [-0.2, -0.15) is 0 Å². The van der Waals surface area contributed by atoms with Gasteiger partial charge in [0.2, 0.25) is 17.7 Å². The van der Waals surface area contributed by atoms with Crippen molar-refractivity contribution in [1.29, 1.82) is 0 Å². The van der Waals surface area contributed by atoms with E-state index in [2.05, 4.69) is 10.6 Å². The topological polar surface area (TPSA) is 78.5 Å². The number of carbonyl (C=O) groups is 3. The fourth-order valence-corrected chi connectivity index (χ4v) is 4.51. The van der Waals surface area contributed by atoms with Crippen LogP contribution in [0.4, 0.5) is 10.1 Å². The molecule has 2 unspecified atom stereocenters. The zero-order valence-electron chi connectivity index (χ0n) is 15.6. The third-order valence-electron chi connectivity index (χ3n) is 5.98. The lowest BCUT2D eigenvalue weighted by molar-refractivity contribution is -0.140. The van der Waals surface area contributed by atoms with Crippen molar-refractivity contribution in [2.75, 3.05) is 18.4 Å². The maximum atomic E-state index is 14.6. The van der Waals surface area contributed by atoms with E-state index >= 15 is 0 Å². The first-order valence-electron chi connectivity index (χ1n) is 9.72. The molecule has 2 N–H and O–H groups in total. The second kappa shape index (κ2) is 8.57. The van der Waals surface area contributed by atoms with Gasteiger partial charge in [0.05, 0.1) is 17.5 Å². The van der Waals surface area contributed by atoms with Crippen molar-refractivity contribution in [3.8, 4) is 0 Å². The Balaban J connectivity index is 0.00000225. The van der Waals surface area contributed by atoms with Crippen molar-refractivity contribution in [1.82, 2.24) is 10.2 Å². The van der Waals surface area contributed by atoms with E-state index in [9.17, 15) is 18.8 Å². The molecule has 1 aliphatic carbocycles. The zero-order chi connectivity index (χ0) is 19.0.